The van der Waals surface area contributed by atoms with Crippen molar-refractivity contribution in [2.75, 3.05) is 5.32 Å². The van der Waals surface area contributed by atoms with E-state index in [1.807, 2.05) is 19.1 Å². The first-order valence-corrected chi connectivity index (χ1v) is 7.16. The summed E-state index contributed by atoms with van der Waals surface area (Å²) in [4.78, 5) is 0. The number of anilines is 1. The first-order valence-electron chi connectivity index (χ1n) is 6.79. The minimum atomic E-state index is -0.385. The maximum Gasteiger partial charge on any atom is 0.141 e. The van der Waals surface area contributed by atoms with Gasteiger partial charge in [0.15, 0.2) is 0 Å². The Hall–Kier alpha value is -1.54. The Morgan fingerprint density at radius 1 is 1.00 bits per heavy atom. The van der Waals surface area contributed by atoms with Gasteiger partial charge in [-0.15, -0.1) is 0 Å². The zero-order valence-corrected chi connectivity index (χ0v) is 12.7. The van der Waals surface area contributed by atoms with Gasteiger partial charge in [-0.05, 0) is 48.2 Å². The Morgan fingerprint density at radius 3 is 2.40 bits per heavy atom. The van der Waals surface area contributed by atoms with E-state index in [2.05, 4.69) is 31.3 Å². The van der Waals surface area contributed by atoms with E-state index in [0.717, 1.165) is 11.3 Å². The zero-order valence-electron chi connectivity index (χ0n) is 12.0. The van der Waals surface area contributed by atoms with Crippen molar-refractivity contribution in [1.29, 1.82) is 0 Å². The lowest BCUT2D eigenvalue weighted by Crippen LogP contribution is -2.07. The van der Waals surface area contributed by atoms with Crippen LogP contribution in [0.4, 0.5) is 10.1 Å². The molecule has 0 aromatic heterocycles. The van der Waals surface area contributed by atoms with Gasteiger partial charge >= 0.3 is 0 Å². The van der Waals surface area contributed by atoms with Crippen molar-refractivity contribution >= 4 is 17.3 Å². The normalized spacial score (nSPS) is 12.5. The number of halogens is 2. The second-order valence-electron chi connectivity index (χ2n) is 5.32. The van der Waals surface area contributed by atoms with Crippen molar-refractivity contribution in [1.82, 2.24) is 0 Å². The summed E-state index contributed by atoms with van der Waals surface area (Å²) in [6, 6.07) is 13.2. The molecule has 20 heavy (non-hydrogen) atoms. The zero-order chi connectivity index (χ0) is 14.7. The van der Waals surface area contributed by atoms with Gasteiger partial charge in [-0.1, -0.05) is 43.6 Å². The van der Waals surface area contributed by atoms with Gasteiger partial charge in [0.1, 0.15) is 5.82 Å². The van der Waals surface area contributed by atoms with Gasteiger partial charge in [0.05, 0.1) is 5.02 Å². The summed E-state index contributed by atoms with van der Waals surface area (Å²) >= 11 is 5.82. The molecule has 0 saturated carbocycles. The third-order valence-electron chi connectivity index (χ3n) is 3.38. The minimum Gasteiger partial charge on any atom is -0.379 e. The molecule has 1 N–H and O–H groups in total. The molecule has 106 valence electrons. The average Bonchev–Trinajstić information content (AvgIpc) is 2.42. The van der Waals surface area contributed by atoms with Crippen molar-refractivity contribution in [3.63, 3.8) is 0 Å². The summed E-state index contributed by atoms with van der Waals surface area (Å²) in [5, 5.41) is 3.58. The Bertz CT molecular complexity index is 595. The fourth-order valence-corrected chi connectivity index (χ4v) is 2.29. The molecule has 3 heteroatoms. The highest BCUT2D eigenvalue weighted by Crippen LogP contribution is 2.25. The first-order chi connectivity index (χ1) is 9.47. The predicted molar refractivity (Wildman–Crippen MR) is 84.0 cm³/mol. The van der Waals surface area contributed by atoms with E-state index in [4.69, 9.17) is 11.6 Å². The van der Waals surface area contributed by atoms with Crippen molar-refractivity contribution in [3.05, 3.63) is 64.4 Å². The summed E-state index contributed by atoms with van der Waals surface area (Å²) in [6.07, 6.45) is 0. The fourth-order valence-electron chi connectivity index (χ4n) is 2.10. The molecular formula is C17H19ClFN. The monoisotopic (exact) mass is 291 g/mol. The van der Waals surface area contributed by atoms with Gasteiger partial charge in [0, 0.05) is 11.7 Å². The van der Waals surface area contributed by atoms with Gasteiger partial charge < -0.3 is 5.32 Å². The van der Waals surface area contributed by atoms with Crippen LogP contribution in [0.25, 0.3) is 0 Å². The molecule has 0 spiro atoms. The Morgan fingerprint density at radius 2 is 1.75 bits per heavy atom. The smallest absolute Gasteiger partial charge is 0.141 e. The second-order valence-corrected chi connectivity index (χ2v) is 5.73. The van der Waals surface area contributed by atoms with Crippen LogP contribution >= 0.6 is 11.6 Å². The highest BCUT2D eigenvalue weighted by atomic mass is 35.5. The van der Waals surface area contributed by atoms with Crippen LogP contribution in [0.2, 0.25) is 5.02 Å². The van der Waals surface area contributed by atoms with E-state index >= 15 is 0 Å². The second kappa shape index (κ2) is 6.27. The number of hydrogen-bond donors (Lipinski definition) is 1. The van der Waals surface area contributed by atoms with Crippen LogP contribution in [0.15, 0.2) is 42.5 Å². The lowest BCUT2D eigenvalue weighted by Gasteiger charge is -2.17. The molecule has 2 aromatic rings. The summed E-state index contributed by atoms with van der Waals surface area (Å²) in [5.41, 5.74) is 3.31. The van der Waals surface area contributed by atoms with E-state index in [0.29, 0.717) is 5.92 Å². The highest BCUT2D eigenvalue weighted by molar-refractivity contribution is 6.30. The number of rotatable bonds is 4. The van der Waals surface area contributed by atoms with Crippen LogP contribution in [0.3, 0.4) is 0 Å². The molecule has 2 rings (SSSR count). The molecular weight excluding hydrogens is 273 g/mol. The van der Waals surface area contributed by atoms with Crippen LogP contribution in [-0.4, -0.2) is 0 Å². The van der Waals surface area contributed by atoms with Crippen molar-refractivity contribution in [3.8, 4) is 0 Å². The largest absolute Gasteiger partial charge is 0.379 e. The number of hydrogen-bond acceptors (Lipinski definition) is 1. The standard InChI is InChI=1S/C17H19ClFN/c1-11(2)13-5-4-6-15(9-13)20-12(3)14-7-8-17(19)16(18)10-14/h4-12,20H,1-3H3. The van der Waals surface area contributed by atoms with Crippen molar-refractivity contribution in [2.45, 2.75) is 32.7 Å². The third kappa shape index (κ3) is 3.51. The Labute approximate surface area is 124 Å². The van der Waals surface area contributed by atoms with Crippen LogP contribution in [0.5, 0.6) is 0 Å². The molecule has 0 aliphatic carbocycles. The van der Waals surface area contributed by atoms with E-state index in [1.165, 1.54) is 11.6 Å². The molecule has 0 bridgehead atoms. The molecule has 0 heterocycles. The van der Waals surface area contributed by atoms with Gasteiger partial charge in [0.25, 0.3) is 0 Å². The molecule has 1 unspecified atom stereocenters. The summed E-state index contributed by atoms with van der Waals surface area (Å²) in [7, 11) is 0. The maximum atomic E-state index is 13.2. The lowest BCUT2D eigenvalue weighted by atomic mass is 10.0. The Kier molecular flexibility index (Phi) is 4.66. The topological polar surface area (TPSA) is 12.0 Å². The van der Waals surface area contributed by atoms with Crippen molar-refractivity contribution in [2.24, 2.45) is 0 Å². The molecule has 0 fully saturated rings. The number of nitrogens with one attached hydrogen (secondary N) is 1. The fraction of sp³-hybridized carbons (Fsp3) is 0.294. The minimum absolute atomic E-state index is 0.0653. The van der Waals surface area contributed by atoms with E-state index in [1.54, 1.807) is 12.1 Å². The van der Waals surface area contributed by atoms with Crippen molar-refractivity contribution < 1.29 is 4.39 Å². The van der Waals surface area contributed by atoms with Gasteiger partial charge in [0.2, 0.25) is 0 Å². The van der Waals surface area contributed by atoms with Gasteiger partial charge in [-0.3, -0.25) is 0 Å². The van der Waals surface area contributed by atoms with Crippen LogP contribution in [-0.2, 0) is 0 Å². The summed E-state index contributed by atoms with van der Waals surface area (Å²) < 4.78 is 13.2. The van der Waals surface area contributed by atoms with E-state index < -0.39 is 0 Å². The number of benzene rings is 2. The molecule has 1 atom stereocenters. The maximum absolute atomic E-state index is 13.2. The predicted octanol–water partition coefficient (Wildman–Crippen LogP) is 5.78. The molecule has 0 aliphatic rings. The third-order valence-corrected chi connectivity index (χ3v) is 3.67. The van der Waals surface area contributed by atoms with Crippen LogP contribution < -0.4 is 5.32 Å². The lowest BCUT2D eigenvalue weighted by molar-refractivity contribution is 0.627. The molecule has 2 aromatic carbocycles. The Balaban J connectivity index is 2.16. The molecule has 1 nitrogen and oxygen atoms in total. The highest BCUT2D eigenvalue weighted by Gasteiger charge is 2.09. The molecule has 0 aliphatic heterocycles. The average molecular weight is 292 g/mol. The molecule has 0 amide bonds. The quantitative estimate of drug-likeness (QED) is 0.753. The molecule has 0 radical (unpaired) electrons. The summed E-state index contributed by atoms with van der Waals surface area (Å²) in [5.74, 6) is 0.108. The van der Waals surface area contributed by atoms with Gasteiger partial charge in [-0.25, -0.2) is 4.39 Å². The van der Waals surface area contributed by atoms with E-state index in [-0.39, 0.29) is 16.9 Å². The van der Waals surface area contributed by atoms with Gasteiger partial charge in [-0.2, -0.15) is 0 Å². The van der Waals surface area contributed by atoms with E-state index in [9.17, 15) is 4.39 Å². The molecule has 0 saturated heterocycles. The summed E-state index contributed by atoms with van der Waals surface area (Å²) in [6.45, 7) is 6.37. The SMILES string of the molecule is CC(C)c1cccc(NC(C)c2ccc(F)c(Cl)c2)c1. The van der Waals surface area contributed by atoms with Crippen LogP contribution in [0, 0.1) is 5.82 Å². The van der Waals surface area contributed by atoms with Crippen LogP contribution in [0.1, 0.15) is 43.9 Å². The first kappa shape index (κ1) is 14.9.